The van der Waals surface area contributed by atoms with Crippen LogP contribution in [-0.4, -0.2) is 26.0 Å². The van der Waals surface area contributed by atoms with Gasteiger partial charge in [-0.1, -0.05) is 20.8 Å². The largest absolute Gasteiger partial charge is 0.414 e. The summed E-state index contributed by atoms with van der Waals surface area (Å²) in [6.07, 6.45) is 5.31. The van der Waals surface area contributed by atoms with Crippen LogP contribution in [0.1, 0.15) is 67.2 Å². The third-order valence-corrected chi connectivity index (χ3v) is 9.08. The first-order chi connectivity index (χ1) is 8.91. The van der Waals surface area contributed by atoms with Gasteiger partial charge in [0.25, 0.3) is 0 Å². The lowest BCUT2D eigenvalue weighted by Gasteiger charge is -2.42. The number of rotatable bonds is 4. The van der Waals surface area contributed by atoms with Gasteiger partial charge in [-0.15, -0.1) is 0 Å². The summed E-state index contributed by atoms with van der Waals surface area (Å²) >= 11 is 0. The molecule has 4 heteroatoms. The lowest BCUT2D eigenvalue weighted by atomic mass is 9.93. The molecule has 0 saturated heterocycles. The zero-order valence-electron chi connectivity index (χ0n) is 14.9. The molecule has 0 amide bonds. The van der Waals surface area contributed by atoms with Gasteiger partial charge in [0.1, 0.15) is 0 Å². The molecule has 1 aliphatic rings. The minimum atomic E-state index is -1.63. The Morgan fingerprint density at radius 3 is 2.10 bits per heavy atom. The van der Waals surface area contributed by atoms with Gasteiger partial charge in [-0.2, -0.15) is 0 Å². The molecule has 120 valence electrons. The predicted molar refractivity (Wildman–Crippen MR) is 90.4 cm³/mol. The Labute approximate surface area is 127 Å². The van der Waals surface area contributed by atoms with Crippen molar-refractivity contribution in [3.63, 3.8) is 0 Å². The Bertz CT molecular complexity index is 305. The summed E-state index contributed by atoms with van der Waals surface area (Å²) in [4.78, 5) is 0. The van der Waals surface area contributed by atoms with Crippen LogP contribution in [0.3, 0.4) is 0 Å². The molecular formula is C16H36N2OSi. The fourth-order valence-electron chi connectivity index (χ4n) is 2.30. The van der Waals surface area contributed by atoms with Crippen molar-refractivity contribution in [2.45, 2.75) is 103 Å². The lowest BCUT2D eigenvalue weighted by molar-refractivity contribution is 0.111. The van der Waals surface area contributed by atoms with E-state index >= 15 is 0 Å². The van der Waals surface area contributed by atoms with Crippen molar-refractivity contribution < 1.29 is 4.43 Å². The van der Waals surface area contributed by atoms with Crippen molar-refractivity contribution in [2.75, 3.05) is 0 Å². The Hall–Kier alpha value is 0.0969. The molecule has 3 nitrogen and oxygen atoms in total. The number of hydrazine groups is 1. The van der Waals surface area contributed by atoms with Gasteiger partial charge in [0.2, 0.25) is 0 Å². The molecule has 2 unspecified atom stereocenters. The quantitative estimate of drug-likeness (QED) is 0.602. The van der Waals surface area contributed by atoms with E-state index in [2.05, 4.69) is 65.5 Å². The van der Waals surface area contributed by atoms with Gasteiger partial charge in [-0.3, -0.25) is 10.9 Å². The Morgan fingerprint density at radius 1 is 1.00 bits per heavy atom. The van der Waals surface area contributed by atoms with Gasteiger partial charge in [-0.25, -0.2) is 0 Å². The van der Waals surface area contributed by atoms with Crippen LogP contribution in [0.15, 0.2) is 0 Å². The van der Waals surface area contributed by atoms with Crippen LogP contribution in [-0.2, 0) is 4.43 Å². The molecule has 0 aromatic rings. The molecule has 0 aliphatic heterocycles. The van der Waals surface area contributed by atoms with Crippen LogP contribution in [0.5, 0.6) is 0 Å². The van der Waals surface area contributed by atoms with Crippen molar-refractivity contribution in [3.05, 3.63) is 0 Å². The van der Waals surface area contributed by atoms with Crippen LogP contribution in [0.4, 0.5) is 0 Å². The first kappa shape index (κ1) is 18.1. The summed E-state index contributed by atoms with van der Waals surface area (Å²) < 4.78 is 6.58. The van der Waals surface area contributed by atoms with E-state index in [1.165, 1.54) is 19.3 Å². The van der Waals surface area contributed by atoms with Crippen molar-refractivity contribution in [2.24, 2.45) is 0 Å². The SMILES string of the molecule is CC(C)(C)NNC1CCCC(O[Si](C)(C)C(C)(C)C)C1. The molecule has 1 aliphatic carbocycles. The molecule has 0 heterocycles. The van der Waals surface area contributed by atoms with Gasteiger partial charge in [0, 0.05) is 17.7 Å². The Morgan fingerprint density at radius 2 is 1.60 bits per heavy atom. The van der Waals surface area contributed by atoms with Gasteiger partial charge < -0.3 is 4.43 Å². The van der Waals surface area contributed by atoms with Crippen molar-refractivity contribution >= 4 is 8.32 Å². The zero-order chi connectivity index (χ0) is 15.6. The Balaban J connectivity index is 2.49. The molecule has 0 bridgehead atoms. The summed E-state index contributed by atoms with van der Waals surface area (Å²) in [5.74, 6) is 0. The highest BCUT2D eigenvalue weighted by Gasteiger charge is 2.40. The van der Waals surface area contributed by atoms with E-state index in [-0.39, 0.29) is 5.54 Å². The van der Waals surface area contributed by atoms with Gasteiger partial charge >= 0.3 is 0 Å². The van der Waals surface area contributed by atoms with E-state index in [1.807, 2.05) is 0 Å². The van der Waals surface area contributed by atoms with Gasteiger partial charge in [0.05, 0.1) is 0 Å². The first-order valence-corrected chi connectivity index (χ1v) is 11.0. The van der Waals surface area contributed by atoms with E-state index in [1.54, 1.807) is 0 Å². The molecule has 1 fully saturated rings. The highest BCUT2D eigenvalue weighted by molar-refractivity contribution is 6.74. The minimum absolute atomic E-state index is 0.118. The topological polar surface area (TPSA) is 33.3 Å². The van der Waals surface area contributed by atoms with E-state index in [4.69, 9.17) is 4.43 Å². The van der Waals surface area contributed by atoms with Crippen molar-refractivity contribution in [3.8, 4) is 0 Å². The molecule has 2 N–H and O–H groups in total. The lowest BCUT2D eigenvalue weighted by Crippen LogP contribution is -2.53. The number of hydrogen-bond donors (Lipinski definition) is 2. The maximum Gasteiger partial charge on any atom is 0.192 e. The number of nitrogens with one attached hydrogen (secondary N) is 2. The third kappa shape index (κ3) is 5.84. The summed E-state index contributed by atoms with van der Waals surface area (Å²) in [6.45, 7) is 18.2. The summed E-state index contributed by atoms with van der Waals surface area (Å²) in [5, 5.41) is 0.303. The van der Waals surface area contributed by atoms with Crippen LogP contribution in [0.2, 0.25) is 18.1 Å². The predicted octanol–water partition coefficient (Wildman–Crippen LogP) is 4.21. The average Bonchev–Trinajstić information content (AvgIpc) is 2.24. The van der Waals surface area contributed by atoms with Crippen LogP contribution >= 0.6 is 0 Å². The second-order valence-electron chi connectivity index (χ2n) is 8.88. The molecule has 20 heavy (non-hydrogen) atoms. The highest BCUT2D eigenvalue weighted by atomic mass is 28.4. The fourth-order valence-corrected chi connectivity index (χ4v) is 3.70. The Kier molecular flexibility index (Phi) is 5.87. The fraction of sp³-hybridized carbons (Fsp3) is 1.00. The van der Waals surface area contributed by atoms with E-state index in [0.29, 0.717) is 17.2 Å². The summed E-state index contributed by atoms with van der Waals surface area (Å²) in [5.41, 5.74) is 7.03. The first-order valence-electron chi connectivity index (χ1n) is 8.11. The molecule has 0 aromatic carbocycles. The third-order valence-electron chi connectivity index (χ3n) is 4.54. The van der Waals surface area contributed by atoms with Gasteiger partial charge in [-0.05, 0) is 64.6 Å². The monoisotopic (exact) mass is 300 g/mol. The van der Waals surface area contributed by atoms with Crippen LogP contribution in [0.25, 0.3) is 0 Å². The zero-order valence-corrected chi connectivity index (χ0v) is 15.9. The molecule has 0 spiro atoms. The van der Waals surface area contributed by atoms with E-state index < -0.39 is 8.32 Å². The second-order valence-corrected chi connectivity index (χ2v) is 13.6. The molecule has 0 aromatic heterocycles. The molecule has 1 saturated carbocycles. The summed E-state index contributed by atoms with van der Waals surface area (Å²) in [7, 11) is -1.63. The smallest absolute Gasteiger partial charge is 0.192 e. The maximum absolute atomic E-state index is 6.58. The standard InChI is InChI=1S/C16H36N2OSi/c1-15(2,3)18-17-13-10-9-11-14(12-13)19-20(7,8)16(4,5)6/h13-14,17-18H,9-12H2,1-8H3. The average molecular weight is 301 g/mol. The van der Waals surface area contributed by atoms with E-state index in [9.17, 15) is 0 Å². The maximum atomic E-state index is 6.58. The molecule has 2 atom stereocenters. The molecule has 0 radical (unpaired) electrons. The van der Waals surface area contributed by atoms with Crippen LogP contribution in [0, 0.1) is 0 Å². The van der Waals surface area contributed by atoms with Crippen molar-refractivity contribution in [1.82, 2.24) is 10.9 Å². The normalized spacial score (nSPS) is 25.8. The summed E-state index contributed by atoms with van der Waals surface area (Å²) in [6, 6.07) is 0.540. The molecule has 1 rings (SSSR count). The second kappa shape index (κ2) is 6.47. The number of hydrogen-bond acceptors (Lipinski definition) is 3. The van der Waals surface area contributed by atoms with E-state index in [0.717, 1.165) is 6.42 Å². The van der Waals surface area contributed by atoms with Crippen LogP contribution < -0.4 is 10.9 Å². The minimum Gasteiger partial charge on any atom is -0.414 e. The highest BCUT2D eigenvalue weighted by Crippen LogP contribution is 2.39. The van der Waals surface area contributed by atoms with Crippen molar-refractivity contribution in [1.29, 1.82) is 0 Å². The molecular weight excluding hydrogens is 264 g/mol. The van der Waals surface area contributed by atoms with Gasteiger partial charge in [0.15, 0.2) is 8.32 Å².